The normalized spacial score (nSPS) is 13.5. The fourth-order valence-electron chi connectivity index (χ4n) is 5.43. The Morgan fingerprint density at radius 2 is 1.49 bits per heavy atom. The number of aryl methyl sites for hydroxylation is 2. The first-order valence-electron chi connectivity index (χ1n) is 11.4. The molecular weight excluding hydrogens is 613 g/mol. The average molecular weight is 640 g/mol. The van der Waals surface area contributed by atoms with E-state index in [4.69, 9.17) is 10.1 Å². The van der Waals surface area contributed by atoms with E-state index >= 15 is 0 Å². The molecule has 2 aliphatic carbocycles. The van der Waals surface area contributed by atoms with E-state index in [1.54, 1.807) is 0 Å². The molecule has 0 saturated heterocycles. The number of nitrogens with zero attached hydrogens (tertiary/aromatic N) is 1. The summed E-state index contributed by atoms with van der Waals surface area (Å²) < 4.78 is 0. The van der Waals surface area contributed by atoms with Crippen molar-refractivity contribution < 1.29 is 31.0 Å². The van der Waals surface area contributed by atoms with Crippen molar-refractivity contribution in [3.63, 3.8) is 0 Å². The van der Waals surface area contributed by atoms with Crippen LogP contribution >= 0.6 is 0 Å². The molecule has 1 N–H and O–H groups in total. The zero-order chi connectivity index (χ0) is 24.0. The van der Waals surface area contributed by atoms with Gasteiger partial charge in [0, 0.05) is 38.8 Å². The van der Waals surface area contributed by atoms with Crippen molar-refractivity contribution in [3.8, 4) is 22.4 Å². The largest absolute Gasteiger partial charge is 0.512 e. The molecule has 0 aliphatic heterocycles. The van der Waals surface area contributed by atoms with Crippen LogP contribution in [0, 0.1) is 19.9 Å². The summed E-state index contributed by atoms with van der Waals surface area (Å²) in [5.74, 6) is -0.0625. The van der Waals surface area contributed by atoms with Crippen molar-refractivity contribution in [1.29, 1.82) is 0 Å². The van der Waals surface area contributed by atoms with Crippen molar-refractivity contribution in [2.45, 2.75) is 33.1 Å². The Kier molecular flexibility index (Phi) is 6.66. The molecule has 178 valence electrons. The van der Waals surface area contributed by atoms with E-state index in [2.05, 4.69) is 80.6 Å². The first kappa shape index (κ1) is 24.8. The number of carbonyl (C=O) groups excluding carboxylic acids is 1. The van der Waals surface area contributed by atoms with Gasteiger partial charge in [0.15, 0.2) is 5.78 Å². The average Bonchev–Trinajstić information content (AvgIpc) is 3.25. The Labute approximate surface area is 220 Å². The summed E-state index contributed by atoms with van der Waals surface area (Å²) in [6.07, 6.45) is 3.06. The van der Waals surface area contributed by atoms with Gasteiger partial charge in [-0.3, -0.25) is 4.79 Å². The number of pyridine rings is 1. The number of rotatable bonds is 1. The maximum atomic E-state index is 10.0. The molecule has 6 rings (SSSR count). The summed E-state index contributed by atoms with van der Waals surface area (Å²) in [6.45, 7) is 7.19. The topological polar surface area (TPSA) is 50.2 Å². The summed E-state index contributed by atoms with van der Waals surface area (Å²) in [5.41, 5.74) is 12.5. The summed E-state index contributed by atoms with van der Waals surface area (Å²) in [7, 11) is 0. The van der Waals surface area contributed by atoms with E-state index in [1.165, 1.54) is 64.4 Å². The maximum Gasteiger partial charge on any atom is 0.155 e. The number of allylic oxidation sites excluding steroid dienone is 2. The molecule has 0 saturated carbocycles. The zero-order valence-electron chi connectivity index (χ0n) is 20.1. The fourth-order valence-corrected chi connectivity index (χ4v) is 5.43. The van der Waals surface area contributed by atoms with Crippen LogP contribution < -0.4 is 0 Å². The molecule has 0 amide bonds. The number of ketones is 1. The molecule has 0 atom stereocenters. The SMILES string of the molecule is CC(=O)/C=C(/C)O.Cc1ccc2c(c1)-c1cc(C)ccc1C21c2ccc[c-]c2-c2ncccc21.[Pt]. The third kappa shape index (κ3) is 3.89. The molecule has 0 fully saturated rings. The standard InChI is InChI=1S/C26H18N.C5H8O2.Pt/c1-16-9-11-22-19(14-16)20-15-17(2)10-12-23(20)26(22)21-7-4-3-6-18(21)25-24(26)8-5-13-27-25;1-4(6)3-5(2)7;/h3-5,7-15H,1-2H3;3,6H,1-2H3;/q-1;;/b;4-3-;. The number of aliphatic hydroxyl groups is 1. The van der Waals surface area contributed by atoms with Gasteiger partial charge >= 0.3 is 0 Å². The molecule has 3 nitrogen and oxygen atoms in total. The van der Waals surface area contributed by atoms with Gasteiger partial charge in [-0.25, -0.2) is 0 Å². The summed E-state index contributed by atoms with van der Waals surface area (Å²) in [4.78, 5) is 14.8. The molecular formula is C31H26NO2Pt-. The van der Waals surface area contributed by atoms with E-state index in [0.717, 1.165) is 11.3 Å². The molecule has 3 aromatic carbocycles. The summed E-state index contributed by atoms with van der Waals surface area (Å²) >= 11 is 0. The zero-order valence-corrected chi connectivity index (χ0v) is 22.4. The monoisotopic (exact) mass is 639 g/mol. The number of aliphatic hydroxyl groups excluding tert-OH is 1. The second-order valence-corrected chi connectivity index (χ2v) is 9.10. The van der Waals surface area contributed by atoms with Crippen LogP contribution in [0.2, 0.25) is 0 Å². The third-order valence-electron chi connectivity index (χ3n) is 6.57. The number of hydrogen-bond donors (Lipinski definition) is 1. The molecule has 2 aliphatic rings. The molecule has 4 heteroatoms. The number of carbonyl (C=O) groups is 1. The van der Waals surface area contributed by atoms with Crippen LogP contribution in [0.5, 0.6) is 0 Å². The van der Waals surface area contributed by atoms with Crippen LogP contribution in [0.4, 0.5) is 0 Å². The Hall–Kier alpha value is -3.29. The predicted octanol–water partition coefficient (Wildman–Crippen LogP) is 6.88. The van der Waals surface area contributed by atoms with Crippen LogP contribution in [0.25, 0.3) is 22.4 Å². The Morgan fingerprint density at radius 1 is 0.886 bits per heavy atom. The molecule has 35 heavy (non-hydrogen) atoms. The predicted molar refractivity (Wildman–Crippen MR) is 136 cm³/mol. The number of fused-ring (bicyclic) bond motifs is 10. The van der Waals surface area contributed by atoms with Gasteiger partial charge in [0.2, 0.25) is 0 Å². The van der Waals surface area contributed by atoms with Crippen molar-refractivity contribution in [3.05, 3.63) is 124 Å². The van der Waals surface area contributed by atoms with Crippen LogP contribution in [-0.4, -0.2) is 15.9 Å². The number of hydrogen-bond acceptors (Lipinski definition) is 3. The summed E-state index contributed by atoms with van der Waals surface area (Å²) in [5, 5.41) is 8.36. The van der Waals surface area contributed by atoms with E-state index in [9.17, 15) is 4.79 Å². The smallest absolute Gasteiger partial charge is 0.155 e. The van der Waals surface area contributed by atoms with Crippen LogP contribution in [0.1, 0.15) is 47.2 Å². The molecule has 0 bridgehead atoms. The molecule has 1 heterocycles. The first-order chi connectivity index (χ1) is 16.3. The van der Waals surface area contributed by atoms with Crippen LogP contribution in [0.15, 0.2) is 84.8 Å². The minimum Gasteiger partial charge on any atom is -0.512 e. The Morgan fingerprint density at radius 3 is 2.03 bits per heavy atom. The second kappa shape index (κ2) is 9.40. The van der Waals surface area contributed by atoms with Gasteiger partial charge in [0.1, 0.15) is 0 Å². The fraction of sp³-hybridized carbons (Fsp3) is 0.161. The van der Waals surface area contributed by atoms with E-state index < -0.39 is 0 Å². The first-order valence-corrected chi connectivity index (χ1v) is 11.4. The quantitative estimate of drug-likeness (QED) is 0.121. The molecule has 4 aromatic rings. The number of aromatic nitrogens is 1. The Bertz CT molecular complexity index is 1380. The number of benzene rings is 3. The van der Waals surface area contributed by atoms with Crippen LogP contribution in [-0.2, 0) is 31.3 Å². The van der Waals surface area contributed by atoms with E-state index in [-0.39, 0.29) is 38.0 Å². The van der Waals surface area contributed by atoms with E-state index in [0.29, 0.717) is 0 Å². The molecule has 1 aromatic heterocycles. The molecule has 0 unspecified atom stereocenters. The minimum absolute atomic E-state index is 0. The van der Waals surface area contributed by atoms with Gasteiger partial charge < -0.3 is 10.1 Å². The molecule has 0 radical (unpaired) electrons. The minimum atomic E-state index is -0.289. The van der Waals surface area contributed by atoms with Crippen molar-refractivity contribution in [2.75, 3.05) is 0 Å². The van der Waals surface area contributed by atoms with Crippen molar-refractivity contribution >= 4 is 5.78 Å². The van der Waals surface area contributed by atoms with Gasteiger partial charge in [-0.2, -0.15) is 0 Å². The van der Waals surface area contributed by atoms with Gasteiger partial charge in [0.05, 0.1) is 5.76 Å². The van der Waals surface area contributed by atoms with Crippen molar-refractivity contribution in [2.24, 2.45) is 0 Å². The maximum absolute atomic E-state index is 10.0. The van der Waals surface area contributed by atoms with Crippen LogP contribution in [0.3, 0.4) is 0 Å². The van der Waals surface area contributed by atoms with Gasteiger partial charge in [-0.1, -0.05) is 59.2 Å². The van der Waals surface area contributed by atoms with Crippen molar-refractivity contribution in [1.82, 2.24) is 4.98 Å². The second-order valence-electron chi connectivity index (χ2n) is 9.10. The van der Waals surface area contributed by atoms with Gasteiger partial charge in [-0.05, 0) is 61.7 Å². The van der Waals surface area contributed by atoms with E-state index in [1.807, 2.05) is 12.3 Å². The summed E-state index contributed by atoms with van der Waals surface area (Å²) in [6, 6.07) is 27.9. The third-order valence-corrected chi connectivity index (χ3v) is 6.57. The molecule has 1 spiro atoms. The van der Waals surface area contributed by atoms with Gasteiger partial charge in [0.25, 0.3) is 0 Å². The Balaban J connectivity index is 0.000000320. The van der Waals surface area contributed by atoms with Gasteiger partial charge in [-0.15, -0.1) is 35.4 Å².